The molecule has 1 atom stereocenters. The maximum absolute atomic E-state index is 8.73. The van der Waals surface area contributed by atoms with Crippen molar-refractivity contribution in [3.05, 3.63) is 6.92 Å². The molecule has 10 heavy (non-hydrogen) atoms. The number of hydrogen-bond acceptors (Lipinski definition) is 1. The van der Waals surface area contributed by atoms with Crippen molar-refractivity contribution in [2.45, 2.75) is 32.6 Å². The summed E-state index contributed by atoms with van der Waals surface area (Å²) in [4.78, 5) is 0. The summed E-state index contributed by atoms with van der Waals surface area (Å²) in [5, 5.41) is 8.73. The Morgan fingerprint density at radius 3 is 2.40 bits per heavy atom. The molecule has 56 valence electrons. The van der Waals surface area contributed by atoms with Crippen molar-refractivity contribution in [3.8, 4) is 0 Å². The fourth-order valence-electron chi connectivity index (χ4n) is 0.858. The summed E-state index contributed by atoms with van der Waals surface area (Å²) in [6, 6.07) is 0. The van der Waals surface area contributed by atoms with Crippen LogP contribution in [0.2, 0.25) is 0 Å². The number of aliphatic hydroxyl groups is 1. The van der Waals surface area contributed by atoms with E-state index in [1.54, 1.807) is 0 Å². The zero-order chi connectivity index (χ0) is 7.11. The molecule has 0 bridgehead atoms. The first-order chi connectivity index (χ1) is 4.35. The molecule has 0 saturated carbocycles. The van der Waals surface area contributed by atoms with Gasteiger partial charge in [0.1, 0.15) is 0 Å². The zero-order valence-corrected chi connectivity index (χ0v) is 9.27. The molecule has 0 aliphatic heterocycles. The molecule has 0 saturated heterocycles. The van der Waals surface area contributed by atoms with Crippen molar-refractivity contribution in [2.75, 3.05) is 6.61 Å². The third-order valence-electron chi connectivity index (χ3n) is 1.70. The van der Waals surface area contributed by atoms with E-state index in [0.29, 0.717) is 12.5 Å². The number of rotatable bonds is 5. The largest absolute Gasteiger partial charge is 1.00 e. The molecule has 0 aromatic carbocycles. The summed E-state index contributed by atoms with van der Waals surface area (Å²) in [5.41, 5.74) is 0. The Morgan fingerprint density at radius 2 is 2.10 bits per heavy atom. The van der Waals surface area contributed by atoms with Gasteiger partial charge >= 0.3 is 29.6 Å². The van der Waals surface area contributed by atoms with Crippen molar-refractivity contribution < 1.29 is 34.7 Å². The Labute approximate surface area is 86.5 Å². The average Bonchev–Trinajstić information content (AvgIpc) is 1.91. The summed E-state index contributed by atoms with van der Waals surface area (Å²) in [7, 11) is 0. The molecule has 0 rings (SSSR count). The van der Waals surface area contributed by atoms with Crippen molar-refractivity contribution in [1.29, 1.82) is 0 Å². The van der Waals surface area contributed by atoms with Gasteiger partial charge in [0.15, 0.2) is 0 Å². The molecule has 0 heterocycles. The number of unbranched alkanes of at least 4 members (excludes halogenated alkanes) is 1. The predicted molar refractivity (Wildman–Crippen MR) is 40.1 cm³/mol. The van der Waals surface area contributed by atoms with Crippen LogP contribution in [0.15, 0.2) is 0 Å². The van der Waals surface area contributed by atoms with Crippen LogP contribution < -0.4 is 29.6 Å². The minimum atomic E-state index is 0. The third-order valence-corrected chi connectivity index (χ3v) is 1.70. The molecule has 0 fully saturated rings. The third kappa shape index (κ3) is 7.07. The molecule has 0 spiro atoms. The summed E-state index contributed by atoms with van der Waals surface area (Å²) >= 11 is 0. The number of hydrogen-bond donors (Lipinski definition) is 1. The molecule has 0 radical (unpaired) electrons. The van der Waals surface area contributed by atoms with Crippen LogP contribution in [-0.4, -0.2) is 11.7 Å². The number of aliphatic hydroxyl groups excluding tert-OH is 1. The van der Waals surface area contributed by atoms with Crippen LogP contribution in [0.4, 0.5) is 0 Å². The van der Waals surface area contributed by atoms with Gasteiger partial charge in [0, 0.05) is 6.61 Å². The topological polar surface area (TPSA) is 20.2 Å². The van der Waals surface area contributed by atoms with E-state index in [0.717, 1.165) is 25.7 Å². The van der Waals surface area contributed by atoms with Gasteiger partial charge in [-0.15, -0.1) is 0 Å². The first-order valence-corrected chi connectivity index (χ1v) is 3.75. The van der Waals surface area contributed by atoms with E-state index in [9.17, 15) is 0 Å². The van der Waals surface area contributed by atoms with Crippen molar-refractivity contribution in [2.24, 2.45) is 5.92 Å². The minimum absolute atomic E-state index is 0. The molecule has 1 nitrogen and oxygen atoms in total. The second kappa shape index (κ2) is 9.96. The Kier molecular flexibility index (Phi) is 13.5. The van der Waals surface area contributed by atoms with Gasteiger partial charge in [-0.05, 0) is 5.92 Å². The molecule has 0 aliphatic carbocycles. The maximum Gasteiger partial charge on any atom is 1.00 e. The Balaban J connectivity index is 0. The SMILES string of the molecule is [CH2-]CCCC(CC)CO.[Na+]. The Bertz CT molecular complexity index is 53.2. The van der Waals surface area contributed by atoms with E-state index in [4.69, 9.17) is 5.11 Å². The summed E-state index contributed by atoms with van der Waals surface area (Å²) in [6.45, 7) is 6.20. The fraction of sp³-hybridized carbons (Fsp3) is 0.875. The van der Waals surface area contributed by atoms with Crippen molar-refractivity contribution in [1.82, 2.24) is 0 Å². The van der Waals surface area contributed by atoms with Crippen molar-refractivity contribution in [3.63, 3.8) is 0 Å². The molecular weight excluding hydrogens is 135 g/mol. The van der Waals surface area contributed by atoms with E-state index in [1.165, 1.54) is 0 Å². The van der Waals surface area contributed by atoms with Gasteiger partial charge in [0.2, 0.25) is 0 Å². The van der Waals surface area contributed by atoms with Crippen LogP contribution in [0.5, 0.6) is 0 Å². The monoisotopic (exact) mass is 152 g/mol. The quantitative estimate of drug-likeness (QED) is 0.396. The minimum Gasteiger partial charge on any atom is -0.396 e. The van der Waals surface area contributed by atoms with E-state index in [2.05, 4.69) is 13.8 Å². The first-order valence-electron chi connectivity index (χ1n) is 3.75. The van der Waals surface area contributed by atoms with E-state index in [-0.39, 0.29) is 29.6 Å². The van der Waals surface area contributed by atoms with Gasteiger partial charge in [-0.25, -0.2) is 0 Å². The smallest absolute Gasteiger partial charge is 0.396 e. The Morgan fingerprint density at radius 1 is 1.50 bits per heavy atom. The summed E-state index contributed by atoms with van der Waals surface area (Å²) in [6.07, 6.45) is 4.38. The first kappa shape index (κ1) is 13.5. The molecule has 0 aliphatic rings. The van der Waals surface area contributed by atoms with Gasteiger partial charge < -0.3 is 12.0 Å². The van der Waals surface area contributed by atoms with Crippen LogP contribution in [0.1, 0.15) is 32.6 Å². The van der Waals surface area contributed by atoms with Crippen molar-refractivity contribution >= 4 is 0 Å². The van der Waals surface area contributed by atoms with Gasteiger partial charge in [0.25, 0.3) is 0 Å². The van der Waals surface area contributed by atoms with Gasteiger partial charge in [0.05, 0.1) is 0 Å². The second-order valence-corrected chi connectivity index (χ2v) is 2.45. The standard InChI is InChI=1S/C8H17O.Na/c1-3-5-6-8(4-2)7-9;/h8-9H,1,3-7H2,2H3;/q-1;+1. The predicted octanol–water partition coefficient (Wildman–Crippen LogP) is -0.987. The van der Waals surface area contributed by atoms with Crippen LogP contribution >= 0.6 is 0 Å². The van der Waals surface area contributed by atoms with Gasteiger partial charge in [-0.3, -0.25) is 0 Å². The molecular formula is C8H17NaO. The maximum atomic E-state index is 8.73. The molecule has 1 unspecified atom stereocenters. The molecule has 0 amide bonds. The zero-order valence-electron chi connectivity index (χ0n) is 7.27. The van der Waals surface area contributed by atoms with Crippen LogP contribution in [0, 0.1) is 12.8 Å². The Hall–Kier alpha value is 0.960. The van der Waals surface area contributed by atoms with Crippen LogP contribution in [-0.2, 0) is 0 Å². The van der Waals surface area contributed by atoms with Crippen LogP contribution in [0.3, 0.4) is 0 Å². The molecule has 1 N–H and O–H groups in total. The molecule has 2 heteroatoms. The average molecular weight is 152 g/mol. The second-order valence-electron chi connectivity index (χ2n) is 2.45. The van der Waals surface area contributed by atoms with Crippen LogP contribution in [0.25, 0.3) is 0 Å². The molecule has 0 aromatic rings. The van der Waals surface area contributed by atoms with E-state index < -0.39 is 0 Å². The van der Waals surface area contributed by atoms with E-state index >= 15 is 0 Å². The fourth-order valence-corrected chi connectivity index (χ4v) is 0.858. The van der Waals surface area contributed by atoms with Gasteiger partial charge in [-0.2, -0.15) is 6.42 Å². The molecule has 0 aromatic heterocycles. The van der Waals surface area contributed by atoms with Gasteiger partial charge in [-0.1, -0.05) is 26.2 Å². The summed E-state index contributed by atoms with van der Waals surface area (Å²) in [5.74, 6) is 0.520. The van der Waals surface area contributed by atoms with E-state index in [1.807, 2.05) is 0 Å². The summed E-state index contributed by atoms with van der Waals surface area (Å²) < 4.78 is 0. The normalized spacial score (nSPS) is 12.3.